The van der Waals surface area contributed by atoms with Crippen molar-refractivity contribution in [3.63, 3.8) is 0 Å². The number of anilines is 4. The number of aromatic nitrogens is 5. The molecular weight excluding hydrogens is 714 g/mol. The molecule has 14 nitrogen and oxygen atoms in total. The van der Waals surface area contributed by atoms with Gasteiger partial charge < -0.3 is 34.3 Å². The van der Waals surface area contributed by atoms with E-state index in [1.807, 2.05) is 24.3 Å². The first kappa shape index (κ1) is 35.9. The third-order valence-corrected chi connectivity index (χ3v) is 12.7. The molecule has 2 unspecified atom stereocenters. The predicted molar refractivity (Wildman–Crippen MR) is 199 cm³/mol. The van der Waals surface area contributed by atoms with Gasteiger partial charge in [-0.05, 0) is 49.4 Å². The van der Waals surface area contributed by atoms with E-state index in [0.29, 0.717) is 41.8 Å². The smallest absolute Gasteiger partial charge is 0.298 e. The molecule has 5 aliphatic heterocycles. The van der Waals surface area contributed by atoms with Crippen LogP contribution in [0.1, 0.15) is 44.5 Å². The van der Waals surface area contributed by atoms with Crippen LogP contribution in [0.15, 0.2) is 38.5 Å². The molecule has 0 bridgehead atoms. The van der Waals surface area contributed by atoms with E-state index in [9.17, 15) is 8.42 Å². The van der Waals surface area contributed by atoms with Gasteiger partial charge in [0.2, 0.25) is 11.2 Å². The van der Waals surface area contributed by atoms with Gasteiger partial charge in [-0.25, -0.2) is 9.97 Å². The standard InChI is InChI=1S/C22H26N6O3S.C11H14ClN3O2S.CH4/c29-32-14-7-17-19(32)20(23-15-5-12-30-13-6-15)26-21(24-17)27-8-10-28(11-9-27)22-25-16-3-1-2-4-18(16)31-22;12-11-14-8-3-6-18(16)9(8)10(15-11)13-7-1-4-17-5-2-7;/h1-4,15H,5-14H2,(H,23,24,26);7H,1-6H2,(H,13,14,15);1H4. The fourth-order valence-electron chi connectivity index (χ4n) is 6.85. The Morgan fingerprint density at radius 2 is 1.25 bits per heavy atom. The monoisotopic (exact) mass is 757 g/mol. The van der Waals surface area contributed by atoms with E-state index in [1.54, 1.807) is 0 Å². The summed E-state index contributed by atoms with van der Waals surface area (Å²) in [5, 5.41) is 7.12. The van der Waals surface area contributed by atoms with Crippen LogP contribution in [0.5, 0.6) is 0 Å². The average molecular weight is 758 g/mol. The molecule has 4 aromatic rings. The lowest BCUT2D eigenvalue weighted by Crippen LogP contribution is -2.47. The zero-order valence-corrected chi connectivity index (χ0v) is 30.0. The minimum atomic E-state index is -1.03. The molecule has 3 aromatic heterocycles. The van der Waals surface area contributed by atoms with Crippen molar-refractivity contribution in [2.75, 3.05) is 84.5 Å². The number of nitrogens with one attached hydrogen (secondary N) is 2. The molecule has 0 saturated carbocycles. The fraction of sp³-hybridized carbons (Fsp3) is 0.559. The van der Waals surface area contributed by atoms with E-state index in [-0.39, 0.29) is 12.7 Å². The number of halogens is 1. The molecule has 17 heteroatoms. The minimum Gasteiger partial charge on any atom is -0.423 e. The molecule has 0 spiro atoms. The molecule has 8 heterocycles. The molecule has 0 amide bonds. The second-order valence-corrected chi connectivity index (χ2v) is 16.2. The zero-order valence-electron chi connectivity index (χ0n) is 27.6. The number of hydrogen-bond donors (Lipinski definition) is 2. The number of ether oxygens (including phenoxy) is 2. The summed E-state index contributed by atoms with van der Waals surface area (Å²) in [5.41, 5.74) is 3.43. The zero-order chi connectivity index (χ0) is 34.0. The SMILES string of the molecule is C.O=S1CCc2nc(Cl)nc(NC3CCOCC3)c21.O=S1CCc2nc(N3CCN(c4nc5ccccc5o4)CC3)nc(NC3CCOCC3)c21. The van der Waals surface area contributed by atoms with E-state index in [0.717, 1.165) is 129 Å². The second kappa shape index (κ2) is 16.1. The van der Waals surface area contributed by atoms with Crippen molar-refractivity contribution in [1.82, 2.24) is 24.9 Å². The first-order valence-corrected chi connectivity index (χ1v) is 20.3. The van der Waals surface area contributed by atoms with E-state index in [4.69, 9.17) is 35.5 Å². The quantitative estimate of drug-likeness (QED) is 0.269. The first-order valence-electron chi connectivity index (χ1n) is 17.3. The summed E-state index contributed by atoms with van der Waals surface area (Å²) < 4.78 is 41.3. The maximum absolute atomic E-state index is 12.6. The van der Waals surface area contributed by atoms with Crippen LogP contribution in [0.3, 0.4) is 0 Å². The number of oxazole rings is 1. The number of piperazine rings is 1. The summed E-state index contributed by atoms with van der Waals surface area (Å²) in [6.07, 6.45) is 5.19. The van der Waals surface area contributed by atoms with Gasteiger partial charge >= 0.3 is 0 Å². The first-order chi connectivity index (χ1) is 24.5. The summed E-state index contributed by atoms with van der Waals surface area (Å²) >= 11 is 5.91. The molecule has 2 N–H and O–H groups in total. The van der Waals surface area contributed by atoms with Crippen LogP contribution >= 0.6 is 11.6 Å². The third kappa shape index (κ3) is 7.99. The Morgan fingerprint density at radius 1 is 0.706 bits per heavy atom. The highest BCUT2D eigenvalue weighted by atomic mass is 35.5. The number of hydrogen-bond acceptors (Lipinski definition) is 14. The van der Waals surface area contributed by atoms with Crippen LogP contribution in [0, 0.1) is 0 Å². The van der Waals surface area contributed by atoms with Gasteiger partial charge in [0.05, 0.1) is 33.0 Å². The van der Waals surface area contributed by atoms with Crippen LogP contribution in [0.2, 0.25) is 5.28 Å². The van der Waals surface area contributed by atoms with Gasteiger partial charge in [-0.1, -0.05) is 19.6 Å². The molecule has 274 valence electrons. The fourth-order valence-corrected chi connectivity index (χ4v) is 9.67. The molecule has 5 aliphatic rings. The van der Waals surface area contributed by atoms with Gasteiger partial charge in [-0.3, -0.25) is 8.42 Å². The Balaban J connectivity index is 0.000000182. The molecule has 0 aliphatic carbocycles. The van der Waals surface area contributed by atoms with Crippen molar-refractivity contribution in [2.24, 2.45) is 0 Å². The summed E-state index contributed by atoms with van der Waals surface area (Å²) in [6.45, 7) is 6.11. The second-order valence-electron chi connectivity index (χ2n) is 12.9. The topological polar surface area (TPSA) is 161 Å². The van der Waals surface area contributed by atoms with Gasteiger partial charge in [-0.2, -0.15) is 15.0 Å². The largest absolute Gasteiger partial charge is 0.423 e. The highest BCUT2D eigenvalue weighted by Gasteiger charge is 2.31. The molecule has 9 rings (SSSR count). The molecule has 0 radical (unpaired) electrons. The average Bonchev–Trinajstić information content (AvgIpc) is 3.86. The van der Waals surface area contributed by atoms with Gasteiger partial charge in [-0.15, -0.1) is 0 Å². The van der Waals surface area contributed by atoms with Crippen molar-refractivity contribution < 1.29 is 22.3 Å². The van der Waals surface area contributed by atoms with Crippen LogP contribution in [-0.2, 0) is 43.9 Å². The number of para-hydroxylation sites is 2. The highest BCUT2D eigenvalue weighted by Crippen LogP contribution is 2.33. The van der Waals surface area contributed by atoms with Gasteiger partial charge in [0, 0.05) is 89.0 Å². The molecular formula is C34H44ClN9O5S2. The maximum atomic E-state index is 12.6. The van der Waals surface area contributed by atoms with Crippen LogP contribution in [0.4, 0.5) is 23.6 Å². The normalized spacial score (nSPS) is 22.1. The van der Waals surface area contributed by atoms with E-state index < -0.39 is 21.6 Å². The van der Waals surface area contributed by atoms with Gasteiger partial charge in [0.25, 0.3) is 6.01 Å². The van der Waals surface area contributed by atoms with Crippen molar-refractivity contribution in [3.8, 4) is 0 Å². The Hall–Kier alpha value is -3.44. The van der Waals surface area contributed by atoms with Crippen LogP contribution in [-0.4, -0.2) is 110 Å². The lowest BCUT2D eigenvalue weighted by Gasteiger charge is -2.34. The lowest BCUT2D eigenvalue weighted by atomic mass is 10.1. The van der Waals surface area contributed by atoms with E-state index in [1.165, 1.54) is 0 Å². The number of benzene rings is 1. The van der Waals surface area contributed by atoms with Gasteiger partial charge in [0.1, 0.15) is 26.9 Å². The molecule has 3 saturated heterocycles. The lowest BCUT2D eigenvalue weighted by molar-refractivity contribution is 0.0902. The third-order valence-electron chi connectivity index (χ3n) is 9.58. The molecule has 3 fully saturated rings. The maximum Gasteiger partial charge on any atom is 0.298 e. The number of fused-ring (bicyclic) bond motifs is 3. The highest BCUT2D eigenvalue weighted by molar-refractivity contribution is 7.85. The van der Waals surface area contributed by atoms with E-state index >= 15 is 0 Å². The van der Waals surface area contributed by atoms with Crippen molar-refractivity contribution in [3.05, 3.63) is 40.9 Å². The Morgan fingerprint density at radius 3 is 1.86 bits per heavy atom. The Labute approximate surface area is 307 Å². The van der Waals surface area contributed by atoms with Crippen molar-refractivity contribution >= 4 is 67.9 Å². The number of rotatable bonds is 6. The summed E-state index contributed by atoms with van der Waals surface area (Å²) in [6, 6.07) is 9.11. The van der Waals surface area contributed by atoms with Crippen molar-refractivity contribution in [1.29, 1.82) is 0 Å². The predicted octanol–water partition coefficient (Wildman–Crippen LogP) is 4.22. The van der Waals surface area contributed by atoms with Crippen molar-refractivity contribution in [2.45, 2.75) is 67.8 Å². The summed E-state index contributed by atoms with van der Waals surface area (Å²) in [5.74, 6) is 3.35. The van der Waals surface area contributed by atoms with E-state index in [2.05, 4.69) is 35.4 Å². The molecule has 2 atom stereocenters. The van der Waals surface area contributed by atoms with Crippen LogP contribution in [0.25, 0.3) is 11.1 Å². The summed E-state index contributed by atoms with van der Waals surface area (Å²) in [4.78, 5) is 28.6. The summed E-state index contributed by atoms with van der Waals surface area (Å²) in [7, 11) is -2.03. The Kier molecular flexibility index (Phi) is 11.3. The van der Waals surface area contributed by atoms with Crippen LogP contribution < -0.4 is 20.4 Å². The Bertz CT molecular complexity index is 1860. The minimum absolute atomic E-state index is 0. The van der Waals surface area contributed by atoms with Gasteiger partial charge in [0.15, 0.2) is 5.58 Å². The number of aryl methyl sites for hydroxylation is 2. The molecule has 51 heavy (non-hydrogen) atoms. The molecule has 1 aromatic carbocycles. The number of nitrogens with zero attached hydrogens (tertiary/aromatic N) is 7.